The third kappa shape index (κ3) is 3.87. The first-order valence-corrected chi connectivity index (χ1v) is 8.58. The van der Waals surface area contributed by atoms with Gasteiger partial charge in [-0.15, -0.1) is 0 Å². The second kappa shape index (κ2) is 8.09. The minimum Gasteiger partial charge on any atom is -0.497 e. The van der Waals surface area contributed by atoms with E-state index < -0.39 is 17.9 Å². The summed E-state index contributed by atoms with van der Waals surface area (Å²) in [6, 6.07) is 4.21. The van der Waals surface area contributed by atoms with Gasteiger partial charge in [-0.3, -0.25) is 4.79 Å². The Morgan fingerprint density at radius 2 is 2.22 bits per heavy atom. The van der Waals surface area contributed by atoms with Crippen LogP contribution in [0.2, 0.25) is 0 Å². The number of fused-ring (bicyclic) bond motifs is 3. The number of nitrogens with one attached hydrogen (secondary N) is 1. The topological polar surface area (TPSA) is 137 Å². The zero-order chi connectivity index (χ0) is 19.4. The minimum atomic E-state index is -1.11. The van der Waals surface area contributed by atoms with Gasteiger partial charge >= 0.3 is 5.97 Å². The van der Waals surface area contributed by atoms with E-state index >= 15 is 0 Å². The summed E-state index contributed by atoms with van der Waals surface area (Å²) in [4.78, 5) is 23.9. The Hall–Kier alpha value is -3.07. The summed E-state index contributed by atoms with van der Waals surface area (Å²) >= 11 is 0. The van der Waals surface area contributed by atoms with Gasteiger partial charge in [-0.1, -0.05) is 5.16 Å². The average molecular weight is 375 g/mol. The van der Waals surface area contributed by atoms with E-state index in [4.69, 9.17) is 19.7 Å². The van der Waals surface area contributed by atoms with Gasteiger partial charge in [0.15, 0.2) is 11.5 Å². The van der Waals surface area contributed by atoms with Crippen molar-refractivity contribution in [2.75, 3.05) is 13.7 Å². The van der Waals surface area contributed by atoms with Crippen LogP contribution in [0.1, 0.15) is 35.3 Å². The predicted molar refractivity (Wildman–Crippen MR) is 94.6 cm³/mol. The Morgan fingerprint density at radius 1 is 1.41 bits per heavy atom. The number of aliphatic carboxylic acids is 1. The summed E-state index contributed by atoms with van der Waals surface area (Å²) in [6.45, 7) is 0.561. The Bertz CT molecular complexity index is 848. The number of nitrogens with two attached hydrogens (primary N) is 1. The molecule has 3 rings (SSSR count). The zero-order valence-corrected chi connectivity index (χ0v) is 14.9. The van der Waals surface area contributed by atoms with E-state index in [1.165, 1.54) is 0 Å². The molecule has 0 bridgehead atoms. The number of carbonyl (C=O) groups excluding carboxylic acids is 1. The predicted octanol–water partition coefficient (Wildman–Crippen LogP) is 1.55. The van der Waals surface area contributed by atoms with E-state index in [-0.39, 0.29) is 18.7 Å². The molecule has 27 heavy (non-hydrogen) atoms. The van der Waals surface area contributed by atoms with E-state index in [2.05, 4.69) is 10.5 Å². The minimum absolute atomic E-state index is 0.0246. The second-order valence-electron chi connectivity index (χ2n) is 6.14. The van der Waals surface area contributed by atoms with E-state index in [1.807, 2.05) is 0 Å². The van der Waals surface area contributed by atoms with Crippen molar-refractivity contribution in [1.82, 2.24) is 10.5 Å². The van der Waals surface area contributed by atoms with Gasteiger partial charge in [-0.05, 0) is 37.9 Å². The summed E-state index contributed by atoms with van der Waals surface area (Å²) in [5, 5.41) is 15.6. The fraction of sp³-hybridized carbons (Fsp3) is 0.389. The van der Waals surface area contributed by atoms with Crippen LogP contribution < -0.4 is 20.5 Å². The van der Waals surface area contributed by atoms with Crippen molar-refractivity contribution >= 4 is 11.9 Å². The maximum atomic E-state index is 12.5. The lowest BCUT2D eigenvalue weighted by Gasteiger charge is -2.17. The highest BCUT2D eigenvalue weighted by atomic mass is 16.5. The van der Waals surface area contributed by atoms with E-state index in [0.29, 0.717) is 47.8 Å². The Kier molecular flexibility index (Phi) is 5.60. The molecule has 1 aliphatic heterocycles. The van der Waals surface area contributed by atoms with Crippen LogP contribution in [-0.2, 0) is 11.4 Å². The third-order valence-electron chi connectivity index (χ3n) is 4.36. The van der Waals surface area contributed by atoms with Crippen molar-refractivity contribution in [2.24, 2.45) is 5.73 Å². The van der Waals surface area contributed by atoms with Gasteiger partial charge < -0.3 is 30.2 Å². The Balaban J connectivity index is 1.80. The first kappa shape index (κ1) is 18.7. The van der Waals surface area contributed by atoms with Crippen LogP contribution >= 0.6 is 0 Å². The number of carboxylic acids is 1. The number of amides is 1. The summed E-state index contributed by atoms with van der Waals surface area (Å²) in [5.41, 5.74) is 6.59. The molecule has 0 radical (unpaired) electrons. The zero-order valence-electron chi connectivity index (χ0n) is 14.9. The highest BCUT2D eigenvalue weighted by Crippen LogP contribution is 2.40. The van der Waals surface area contributed by atoms with E-state index in [0.717, 1.165) is 0 Å². The first-order valence-electron chi connectivity index (χ1n) is 8.58. The molecule has 0 unspecified atom stereocenters. The number of hydrogen-bond acceptors (Lipinski definition) is 7. The SMILES string of the molecule is COc1ccc2c(c1)OCc1c(C(=O)N[C@@H](CCCCN)C(=O)O)noc1-2. The van der Waals surface area contributed by atoms with E-state index in [9.17, 15) is 14.7 Å². The fourth-order valence-electron chi connectivity index (χ4n) is 2.90. The van der Waals surface area contributed by atoms with Crippen LogP contribution in [0.15, 0.2) is 22.7 Å². The number of rotatable bonds is 8. The smallest absolute Gasteiger partial charge is 0.326 e. The number of unbranched alkanes of at least 4 members (excludes halogenated alkanes) is 1. The summed E-state index contributed by atoms with van der Waals surface area (Å²) in [6.07, 6.45) is 1.58. The Morgan fingerprint density at radius 3 is 2.93 bits per heavy atom. The monoisotopic (exact) mass is 375 g/mol. The molecular weight excluding hydrogens is 354 g/mol. The van der Waals surface area contributed by atoms with Crippen molar-refractivity contribution in [3.8, 4) is 22.8 Å². The highest BCUT2D eigenvalue weighted by molar-refractivity contribution is 5.97. The second-order valence-corrected chi connectivity index (χ2v) is 6.14. The molecule has 0 saturated carbocycles. The van der Waals surface area contributed by atoms with Crippen molar-refractivity contribution in [1.29, 1.82) is 0 Å². The Labute approximate surface area is 155 Å². The molecule has 0 fully saturated rings. The highest BCUT2D eigenvalue weighted by Gasteiger charge is 2.31. The molecule has 0 aliphatic carbocycles. The molecule has 144 valence electrons. The molecule has 2 aromatic rings. The lowest BCUT2D eigenvalue weighted by Crippen LogP contribution is -2.41. The summed E-state index contributed by atoms with van der Waals surface area (Å²) < 4.78 is 16.2. The molecule has 1 aromatic carbocycles. The molecule has 1 aromatic heterocycles. The van der Waals surface area contributed by atoms with Gasteiger partial charge in [-0.2, -0.15) is 0 Å². The fourth-order valence-corrected chi connectivity index (χ4v) is 2.90. The molecule has 2 heterocycles. The van der Waals surface area contributed by atoms with Crippen molar-refractivity contribution < 1.29 is 28.7 Å². The quantitative estimate of drug-likeness (QED) is 0.591. The summed E-state index contributed by atoms with van der Waals surface area (Å²) in [7, 11) is 1.55. The molecule has 0 spiro atoms. The number of carboxylic acid groups (broad SMARTS) is 1. The lowest BCUT2D eigenvalue weighted by atomic mass is 10.0. The number of hydrogen-bond donors (Lipinski definition) is 3. The van der Waals surface area contributed by atoms with Crippen LogP contribution in [0.3, 0.4) is 0 Å². The number of carbonyl (C=O) groups is 2. The van der Waals surface area contributed by atoms with Gasteiger partial charge in [0.2, 0.25) is 0 Å². The molecule has 1 amide bonds. The lowest BCUT2D eigenvalue weighted by molar-refractivity contribution is -0.139. The van der Waals surface area contributed by atoms with Gasteiger partial charge in [0.1, 0.15) is 24.1 Å². The van der Waals surface area contributed by atoms with Gasteiger partial charge in [0.05, 0.1) is 18.2 Å². The molecule has 1 atom stereocenters. The number of aromatic nitrogens is 1. The average Bonchev–Trinajstić information content (AvgIpc) is 3.11. The van der Waals surface area contributed by atoms with Gasteiger partial charge in [-0.25, -0.2) is 4.79 Å². The number of ether oxygens (including phenoxy) is 2. The van der Waals surface area contributed by atoms with E-state index in [1.54, 1.807) is 25.3 Å². The number of benzene rings is 1. The van der Waals surface area contributed by atoms with Crippen LogP contribution in [0.4, 0.5) is 0 Å². The molecule has 0 saturated heterocycles. The van der Waals surface area contributed by atoms with Crippen LogP contribution in [-0.4, -0.2) is 41.8 Å². The van der Waals surface area contributed by atoms with Gasteiger partial charge in [0, 0.05) is 6.07 Å². The molecule has 4 N–H and O–H groups in total. The standard InChI is InChI=1S/C18H21N3O6/c1-25-10-5-6-11-14(8-10)26-9-12-15(21-27-16(11)12)17(22)20-13(18(23)24)4-2-3-7-19/h5-6,8,13H,2-4,7,9,19H2,1H3,(H,20,22)(H,23,24)/t13-/m0/s1. The summed E-state index contributed by atoms with van der Waals surface area (Å²) in [5.74, 6) is -0.0854. The van der Waals surface area contributed by atoms with Crippen LogP contribution in [0, 0.1) is 0 Å². The van der Waals surface area contributed by atoms with Crippen molar-refractivity contribution in [2.45, 2.75) is 31.9 Å². The van der Waals surface area contributed by atoms with Crippen LogP contribution in [0.25, 0.3) is 11.3 Å². The largest absolute Gasteiger partial charge is 0.497 e. The van der Waals surface area contributed by atoms with Gasteiger partial charge in [0.25, 0.3) is 5.91 Å². The first-order chi connectivity index (χ1) is 13.0. The van der Waals surface area contributed by atoms with Crippen LogP contribution in [0.5, 0.6) is 11.5 Å². The van der Waals surface area contributed by atoms with Crippen molar-refractivity contribution in [3.63, 3.8) is 0 Å². The number of nitrogens with zero attached hydrogens (tertiary/aromatic N) is 1. The molecule has 9 heteroatoms. The van der Waals surface area contributed by atoms with Crippen molar-refractivity contribution in [3.05, 3.63) is 29.5 Å². The molecular formula is C18H21N3O6. The molecule has 1 aliphatic rings. The molecule has 9 nitrogen and oxygen atoms in total. The maximum absolute atomic E-state index is 12.5. The number of methoxy groups -OCH3 is 1. The third-order valence-corrected chi connectivity index (χ3v) is 4.36. The maximum Gasteiger partial charge on any atom is 0.326 e. The normalized spacial score (nSPS) is 13.1.